The maximum Gasteiger partial charge on any atom is 0.138 e. The van der Waals surface area contributed by atoms with Crippen molar-refractivity contribution in [3.8, 4) is 0 Å². The first-order chi connectivity index (χ1) is 5.92. The van der Waals surface area contributed by atoms with Gasteiger partial charge in [-0.3, -0.25) is 4.79 Å². The van der Waals surface area contributed by atoms with Crippen molar-refractivity contribution < 1.29 is 9.59 Å². The van der Waals surface area contributed by atoms with Crippen molar-refractivity contribution in [2.45, 2.75) is 46.5 Å². The predicted octanol–water partition coefficient (Wildman–Crippen LogP) is 2.36. The zero-order valence-electron chi connectivity index (χ0n) is 8.72. The largest absolute Gasteiger partial charge is 0.300 e. The van der Waals surface area contributed by atoms with Gasteiger partial charge in [0.2, 0.25) is 0 Å². The molecule has 1 aliphatic carbocycles. The molecule has 0 aliphatic heterocycles. The number of carbonyl (C=O) groups is 2. The van der Waals surface area contributed by atoms with E-state index in [1.807, 2.05) is 13.8 Å². The molecular formula is C11H18O2. The van der Waals surface area contributed by atoms with Crippen molar-refractivity contribution in [1.82, 2.24) is 0 Å². The van der Waals surface area contributed by atoms with Gasteiger partial charge in [0.15, 0.2) is 0 Å². The van der Waals surface area contributed by atoms with Crippen molar-refractivity contribution in [1.29, 1.82) is 0 Å². The van der Waals surface area contributed by atoms with E-state index < -0.39 is 0 Å². The van der Waals surface area contributed by atoms with Crippen molar-refractivity contribution in [3.05, 3.63) is 0 Å². The Hall–Kier alpha value is -0.660. The summed E-state index contributed by atoms with van der Waals surface area (Å²) in [7, 11) is 0. The average Bonchev–Trinajstić information content (AvgIpc) is 2.22. The third kappa shape index (κ3) is 2.64. The smallest absolute Gasteiger partial charge is 0.138 e. The van der Waals surface area contributed by atoms with Crippen LogP contribution in [0.25, 0.3) is 0 Å². The van der Waals surface area contributed by atoms with E-state index in [1.54, 1.807) is 6.92 Å². The minimum atomic E-state index is -0.137. The molecule has 1 rings (SSSR count). The molecular weight excluding hydrogens is 164 g/mol. The van der Waals surface area contributed by atoms with Crippen LogP contribution in [0, 0.1) is 11.3 Å². The molecule has 0 aromatic carbocycles. The summed E-state index contributed by atoms with van der Waals surface area (Å²) >= 11 is 0. The topological polar surface area (TPSA) is 34.1 Å². The van der Waals surface area contributed by atoms with Crippen molar-refractivity contribution in [3.63, 3.8) is 0 Å². The molecule has 0 radical (unpaired) electrons. The maximum absolute atomic E-state index is 11.5. The molecule has 1 atom stereocenters. The number of hydrogen-bond acceptors (Lipinski definition) is 2. The van der Waals surface area contributed by atoms with Gasteiger partial charge in [0.05, 0.1) is 0 Å². The molecule has 74 valence electrons. The highest BCUT2D eigenvalue weighted by molar-refractivity contribution is 5.86. The van der Waals surface area contributed by atoms with Crippen LogP contribution in [0.3, 0.4) is 0 Å². The first kappa shape index (κ1) is 10.4. The Morgan fingerprint density at radius 3 is 2.54 bits per heavy atom. The van der Waals surface area contributed by atoms with Crippen LogP contribution >= 0.6 is 0 Å². The molecule has 1 aliphatic rings. The van der Waals surface area contributed by atoms with E-state index in [2.05, 4.69) is 0 Å². The zero-order chi connectivity index (χ0) is 10.1. The number of carbonyl (C=O) groups excluding carboxylic acids is 2. The van der Waals surface area contributed by atoms with E-state index in [-0.39, 0.29) is 11.2 Å². The summed E-state index contributed by atoms with van der Waals surface area (Å²) in [5, 5.41) is 0. The Balaban J connectivity index is 2.41. The molecule has 13 heavy (non-hydrogen) atoms. The highest BCUT2D eigenvalue weighted by Gasteiger charge is 2.38. The van der Waals surface area contributed by atoms with Gasteiger partial charge >= 0.3 is 0 Å². The summed E-state index contributed by atoms with van der Waals surface area (Å²) in [6, 6.07) is 0. The summed E-state index contributed by atoms with van der Waals surface area (Å²) in [4.78, 5) is 22.2. The molecule has 0 unspecified atom stereocenters. The van der Waals surface area contributed by atoms with Gasteiger partial charge in [0.25, 0.3) is 0 Å². The van der Waals surface area contributed by atoms with Crippen molar-refractivity contribution >= 4 is 11.6 Å². The molecule has 0 amide bonds. The Morgan fingerprint density at radius 2 is 2.15 bits per heavy atom. The first-order valence-corrected chi connectivity index (χ1v) is 4.94. The normalized spacial score (nSPS) is 26.4. The van der Waals surface area contributed by atoms with E-state index in [0.717, 1.165) is 12.8 Å². The number of hydrogen-bond donors (Lipinski definition) is 0. The summed E-state index contributed by atoms with van der Waals surface area (Å²) < 4.78 is 0. The molecule has 0 aromatic heterocycles. The minimum absolute atomic E-state index is 0.137. The Labute approximate surface area is 79.7 Å². The monoisotopic (exact) mass is 182 g/mol. The molecule has 0 N–H and O–H groups in total. The lowest BCUT2D eigenvalue weighted by Gasteiger charge is -2.14. The minimum Gasteiger partial charge on any atom is -0.300 e. The van der Waals surface area contributed by atoms with Crippen molar-refractivity contribution in [2.24, 2.45) is 11.3 Å². The fourth-order valence-corrected chi connectivity index (χ4v) is 2.06. The van der Waals surface area contributed by atoms with Gasteiger partial charge in [-0.15, -0.1) is 0 Å². The molecule has 0 bridgehead atoms. The molecule has 0 aromatic rings. The Bertz CT molecular complexity index is 228. The maximum atomic E-state index is 11.5. The summed E-state index contributed by atoms with van der Waals surface area (Å²) in [5.41, 5.74) is -0.137. The van der Waals surface area contributed by atoms with E-state index in [1.165, 1.54) is 0 Å². The van der Waals surface area contributed by atoms with E-state index >= 15 is 0 Å². The summed E-state index contributed by atoms with van der Waals surface area (Å²) in [6.45, 7) is 5.62. The van der Waals surface area contributed by atoms with Crippen LogP contribution in [0.5, 0.6) is 0 Å². The van der Waals surface area contributed by atoms with Gasteiger partial charge in [-0.05, 0) is 25.7 Å². The van der Waals surface area contributed by atoms with E-state index in [0.29, 0.717) is 24.5 Å². The van der Waals surface area contributed by atoms with Gasteiger partial charge in [0.1, 0.15) is 11.6 Å². The van der Waals surface area contributed by atoms with E-state index in [4.69, 9.17) is 0 Å². The van der Waals surface area contributed by atoms with Crippen LogP contribution in [0.1, 0.15) is 46.5 Å². The van der Waals surface area contributed by atoms with Gasteiger partial charge in [-0.25, -0.2) is 0 Å². The predicted molar refractivity (Wildman–Crippen MR) is 51.4 cm³/mol. The average molecular weight is 182 g/mol. The fourth-order valence-electron chi connectivity index (χ4n) is 2.06. The van der Waals surface area contributed by atoms with Crippen LogP contribution in [-0.2, 0) is 9.59 Å². The van der Waals surface area contributed by atoms with Crippen LogP contribution < -0.4 is 0 Å². The van der Waals surface area contributed by atoms with Crippen LogP contribution in [-0.4, -0.2) is 11.6 Å². The fraction of sp³-hybridized carbons (Fsp3) is 0.818. The van der Waals surface area contributed by atoms with Crippen molar-refractivity contribution in [2.75, 3.05) is 0 Å². The van der Waals surface area contributed by atoms with Gasteiger partial charge in [0, 0.05) is 18.3 Å². The highest BCUT2D eigenvalue weighted by atomic mass is 16.1. The molecule has 0 heterocycles. The number of rotatable bonds is 3. The number of Topliss-reactive ketones (excluding diaryl/α,β-unsaturated/α-hetero) is 2. The molecule has 0 spiro atoms. The lowest BCUT2D eigenvalue weighted by atomic mass is 9.89. The summed E-state index contributed by atoms with van der Waals surface area (Å²) in [6.07, 6.45) is 3.16. The molecule has 2 heteroatoms. The second-order valence-corrected chi connectivity index (χ2v) is 4.82. The second-order valence-electron chi connectivity index (χ2n) is 4.82. The zero-order valence-corrected chi connectivity index (χ0v) is 8.72. The van der Waals surface area contributed by atoms with Crippen LogP contribution in [0.15, 0.2) is 0 Å². The molecule has 2 nitrogen and oxygen atoms in total. The Morgan fingerprint density at radius 1 is 1.54 bits per heavy atom. The number of ketones is 2. The first-order valence-electron chi connectivity index (χ1n) is 4.94. The lowest BCUT2D eigenvalue weighted by Crippen LogP contribution is -2.15. The quantitative estimate of drug-likeness (QED) is 0.671. The summed E-state index contributed by atoms with van der Waals surface area (Å²) in [5.74, 6) is 1.05. The third-order valence-electron chi connectivity index (χ3n) is 2.93. The van der Waals surface area contributed by atoms with Gasteiger partial charge < -0.3 is 4.79 Å². The van der Waals surface area contributed by atoms with Crippen LogP contribution in [0.2, 0.25) is 0 Å². The van der Waals surface area contributed by atoms with Gasteiger partial charge in [-0.1, -0.05) is 13.8 Å². The second kappa shape index (κ2) is 3.60. The Kier molecular flexibility index (Phi) is 2.89. The molecule has 0 saturated heterocycles. The standard InChI is InChI=1S/C11H18O2/c1-8(12)4-5-9-6-10(13)11(2,3)7-9/h9H,4-7H2,1-3H3/t9-/m1/s1. The third-order valence-corrected chi connectivity index (χ3v) is 2.93. The van der Waals surface area contributed by atoms with Crippen LogP contribution in [0.4, 0.5) is 0 Å². The van der Waals surface area contributed by atoms with E-state index in [9.17, 15) is 9.59 Å². The SMILES string of the molecule is CC(=O)CC[C@@H]1CC(=O)C(C)(C)C1. The molecule has 1 fully saturated rings. The highest BCUT2D eigenvalue weighted by Crippen LogP contribution is 2.39. The van der Waals surface area contributed by atoms with Gasteiger partial charge in [-0.2, -0.15) is 0 Å². The lowest BCUT2D eigenvalue weighted by molar-refractivity contribution is -0.124. The molecule has 1 saturated carbocycles.